The van der Waals surface area contributed by atoms with Crippen LogP contribution in [-0.2, 0) is 14.8 Å². The lowest BCUT2D eigenvalue weighted by molar-refractivity contribution is 0.156. The molecule has 96 valence electrons. The van der Waals surface area contributed by atoms with Crippen LogP contribution in [0.5, 0.6) is 0 Å². The molecule has 0 saturated heterocycles. The third-order valence-electron chi connectivity index (χ3n) is 1.88. The number of hydrogen-bond donors (Lipinski definition) is 1. The first-order valence-corrected chi connectivity index (χ1v) is 7.55. The Balaban J connectivity index is 2.48. The predicted octanol–water partition coefficient (Wildman–Crippen LogP) is 1.52. The molecule has 0 aromatic heterocycles. The molecule has 0 fully saturated rings. The highest BCUT2D eigenvalue weighted by Crippen LogP contribution is 2.08. The van der Waals surface area contributed by atoms with Crippen LogP contribution in [0.15, 0.2) is 29.2 Å². The summed E-state index contributed by atoms with van der Waals surface area (Å²) in [5.74, 6) is -0.468. The van der Waals surface area contributed by atoms with E-state index in [1.54, 1.807) is 0 Å². The van der Waals surface area contributed by atoms with Gasteiger partial charge in [0.2, 0.25) is 10.0 Å². The van der Waals surface area contributed by atoms with Crippen molar-refractivity contribution in [2.75, 3.05) is 25.1 Å². The van der Waals surface area contributed by atoms with Crippen LogP contribution in [-0.4, -0.2) is 33.5 Å². The molecule has 0 aliphatic carbocycles. The molecule has 1 N–H and O–H groups in total. The van der Waals surface area contributed by atoms with E-state index in [2.05, 4.69) is 20.7 Å². The van der Waals surface area contributed by atoms with E-state index in [4.69, 9.17) is 4.74 Å². The highest BCUT2D eigenvalue weighted by Gasteiger charge is 2.12. The summed E-state index contributed by atoms with van der Waals surface area (Å²) in [7, 11) is -3.57. The van der Waals surface area contributed by atoms with Crippen LogP contribution in [0.25, 0.3) is 0 Å². The van der Waals surface area contributed by atoms with Crippen molar-refractivity contribution in [3.8, 4) is 0 Å². The van der Waals surface area contributed by atoms with Gasteiger partial charge in [0.1, 0.15) is 5.82 Å². The smallest absolute Gasteiger partial charge is 0.240 e. The average molecular weight is 326 g/mol. The summed E-state index contributed by atoms with van der Waals surface area (Å²) in [4.78, 5) is 0.0411. The maximum atomic E-state index is 12.6. The fourth-order valence-corrected chi connectivity index (χ4v) is 2.34. The van der Waals surface area contributed by atoms with Crippen molar-refractivity contribution in [2.24, 2.45) is 0 Å². The number of alkyl halides is 1. The van der Waals surface area contributed by atoms with Gasteiger partial charge in [0.15, 0.2) is 0 Å². The molecule has 0 unspecified atom stereocenters. The van der Waals surface area contributed by atoms with Crippen molar-refractivity contribution < 1.29 is 17.5 Å². The Kier molecular flexibility index (Phi) is 6.04. The summed E-state index contributed by atoms with van der Waals surface area (Å²) in [6.45, 7) is 1.01. The molecule has 0 radical (unpaired) electrons. The Hall–Kier alpha value is -0.500. The van der Waals surface area contributed by atoms with Gasteiger partial charge in [0.05, 0.1) is 18.1 Å². The van der Waals surface area contributed by atoms with Crippen molar-refractivity contribution in [1.29, 1.82) is 0 Å². The second-order valence-electron chi connectivity index (χ2n) is 3.15. The van der Waals surface area contributed by atoms with Crippen LogP contribution in [0.4, 0.5) is 4.39 Å². The summed E-state index contributed by atoms with van der Waals surface area (Å²) >= 11 is 3.19. The van der Waals surface area contributed by atoms with Gasteiger partial charge < -0.3 is 4.74 Å². The zero-order chi connectivity index (χ0) is 12.7. The number of halogens is 2. The second kappa shape index (κ2) is 7.05. The maximum Gasteiger partial charge on any atom is 0.240 e. The van der Waals surface area contributed by atoms with E-state index in [0.29, 0.717) is 18.5 Å². The van der Waals surface area contributed by atoms with Gasteiger partial charge in [0, 0.05) is 11.9 Å². The Bertz CT molecular complexity index is 435. The minimum atomic E-state index is -3.57. The van der Waals surface area contributed by atoms with Gasteiger partial charge in [-0.25, -0.2) is 17.5 Å². The largest absolute Gasteiger partial charge is 0.379 e. The van der Waals surface area contributed by atoms with E-state index in [1.165, 1.54) is 12.1 Å². The molecule has 0 bridgehead atoms. The second-order valence-corrected chi connectivity index (χ2v) is 5.71. The molecular formula is C10H13BrFNO3S. The van der Waals surface area contributed by atoms with Crippen molar-refractivity contribution in [1.82, 2.24) is 4.72 Å². The van der Waals surface area contributed by atoms with Crippen molar-refractivity contribution in [2.45, 2.75) is 4.90 Å². The van der Waals surface area contributed by atoms with E-state index >= 15 is 0 Å². The van der Waals surface area contributed by atoms with E-state index in [1.807, 2.05) is 0 Å². The molecule has 7 heteroatoms. The van der Waals surface area contributed by atoms with Gasteiger partial charge >= 0.3 is 0 Å². The standard InChI is InChI=1S/C10H13BrFNO3S/c11-5-7-16-8-6-13-17(14,15)10-3-1-9(12)2-4-10/h1-4,13H,5-8H2. The number of nitrogens with one attached hydrogen (secondary N) is 1. The topological polar surface area (TPSA) is 55.4 Å². The summed E-state index contributed by atoms with van der Waals surface area (Å²) < 4.78 is 43.4. The fraction of sp³-hybridized carbons (Fsp3) is 0.400. The summed E-state index contributed by atoms with van der Waals surface area (Å²) in [6, 6.07) is 4.65. The number of ether oxygens (including phenoxy) is 1. The van der Waals surface area contributed by atoms with E-state index < -0.39 is 15.8 Å². The van der Waals surface area contributed by atoms with Gasteiger partial charge in [-0.2, -0.15) is 0 Å². The third-order valence-corrected chi connectivity index (χ3v) is 3.68. The third kappa shape index (κ3) is 5.12. The summed E-state index contributed by atoms with van der Waals surface area (Å²) in [6.07, 6.45) is 0. The molecule has 0 aliphatic rings. The monoisotopic (exact) mass is 325 g/mol. The lowest BCUT2D eigenvalue weighted by atomic mass is 10.4. The summed E-state index contributed by atoms with van der Waals surface area (Å²) in [5.41, 5.74) is 0. The SMILES string of the molecule is O=S(=O)(NCCOCCBr)c1ccc(F)cc1. The molecule has 1 aromatic rings. The van der Waals surface area contributed by atoms with E-state index in [0.717, 1.165) is 12.1 Å². The number of sulfonamides is 1. The van der Waals surface area contributed by atoms with Gasteiger partial charge in [-0.15, -0.1) is 0 Å². The maximum absolute atomic E-state index is 12.6. The van der Waals surface area contributed by atoms with Crippen LogP contribution in [0.2, 0.25) is 0 Å². The molecule has 1 aromatic carbocycles. The zero-order valence-electron chi connectivity index (χ0n) is 9.03. The lowest BCUT2D eigenvalue weighted by Gasteiger charge is -2.06. The first-order valence-electron chi connectivity index (χ1n) is 4.95. The highest BCUT2D eigenvalue weighted by atomic mass is 79.9. The predicted molar refractivity (Wildman–Crippen MR) is 66.2 cm³/mol. The van der Waals surface area contributed by atoms with Gasteiger partial charge in [-0.3, -0.25) is 0 Å². The molecule has 0 heterocycles. The molecule has 0 saturated carbocycles. The van der Waals surface area contributed by atoms with Crippen LogP contribution in [0, 0.1) is 5.82 Å². The van der Waals surface area contributed by atoms with Crippen molar-refractivity contribution in [3.63, 3.8) is 0 Å². The fourth-order valence-electron chi connectivity index (χ4n) is 1.10. The molecule has 17 heavy (non-hydrogen) atoms. The summed E-state index contributed by atoms with van der Waals surface area (Å²) in [5, 5.41) is 0.706. The first kappa shape index (κ1) is 14.6. The quantitative estimate of drug-likeness (QED) is 0.610. The molecular weight excluding hydrogens is 313 g/mol. The minimum Gasteiger partial charge on any atom is -0.379 e. The average Bonchev–Trinajstić information content (AvgIpc) is 2.29. The Morgan fingerprint density at radius 3 is 2.47 bits per heavy atom. The molecule has 4 nitrogen and oxygen atoms in total. The zero-order valence-corrected chi connectivity index (χ0v) is 11.4. The molecule has 0 aliphatic heterocycles. The number of rotatable bonds is 7. The van der Waals surface area contributed by atoms with Crippen LogP contribution < -0.4 is 4.72 Å². The van der Waals surface area contributed by atoms with E-state index in [-0.39, 0.29) is 11.4 Å². The van der Waals surface area contributed by atoms with Crippen LogP contribution in [0.3, 0.4) is 0 Å². The normalized spacial score (nSPS) is 11.6. The van der Waals surface area contributed by atoms with Gasteiger partial charge in [-0.05, 0) is 24.3 Å². The Morgan fingerprint density at radius 1 is 1.24 bits per heavy atom. The van der Waals surface area contributed by atoms with Crippen molar-refractivity contribution in [3.05, 3.63) is 30.1 Å². The Labute approximate surface area is 108 Å². The van der Waals surface area contributed by atoms with Crippen molar-refractivity contribution >= 4 is 26.0 Å². The Morgan fingerprint density at radius 2 is 1.88 bits per heavy atom. The van der Waals surface area contributed by atoms with Crippen LogP contribution in [0.1, 0.15) is 0 Å². The molecule has 0 spiro atoms. The lowest BCUT2D eigenvalue weighted by Crippen LogP contribution is -2.27. The van der Waals surface area contributed by atoms with Gasteiger partial charge in [0.25, 0.3) is 0 Å². The van der Waals surface area contributed by atoms with E-state index in [9.17, 15) is 12.8 Å². The minimum absolute atomic E-state index is 0.0411. The van der Waals surface area contributed by atoms with Crippen LogP contribution >= 0.6 is 15.9 Å². The number of benzene rings is 1. The highest BCUT2D eigenvalue weighted by molar-refractivity contribution is 9.09. The van der Waals surface area contributed by atoms with Gasteiger partial charge in [-0.1, -0.05) is 15.9 Å². The molecule has 0 amide bonds. The molecule has 1 rings (SSSR count). The first-order chi connectivity index (χ1) is 8.06. The molecule has 0 atom stereocenters. The number of hydrogen-bond acceptors (Lipinski definition) is 3.